The first-order valence-electron chi connectivity index (χ1n) is 7.66. The highest BCUT2D eigenvalue weighted by Crippen LogP contribution is 2.18. The van der Waals surface area contributed by atoms with Gasteiger partial charge in [-0.05, 0) is 49.4 Å². The third-order valence-corrected chi connectivity index (χ3v) is 4.12. The van der Waals surface area contributed by atoms with Crippen molar-refractivity contribution in [1.29, 1.82) is 0 Å². The minimum atomic E-state index is -4.05. The zero-order valence-corrected chi connectivity index (χ0v) is 14.8. The summed E-state index contributed by atoms with van der Waals surface area (Å²) >= 11 is 0. The SMILES string of the molecule is CCOc1ccc(OCCOC(=O)c2cc(S(N)(=O)=O)ccc2F)cc1. The topological polar surface area (TPSA) is 105 Å². The molecular formula is C17H18FNO6S. The van der Waals surface area contributed by atoms with Crippen LogP contribution >= 0.6 is 0 Å². The first-order chi connectivity index (χ1) is 12.3. The second kappa shape index (κ2) is 8.63. The van der Waals surface area contributed by atoms with Gasteiger partial charge in [-0.3, -0.25) is 0 Å². The monoisotopic (exact) mass is 383 g/mol. The summed E-state index contributed by atoms with van der Waals surface area (Å²) in [5.74, 6) is -0.665. The van der Waals surface area contributed by atoms with Crippen LogP contribution in [0.1, 0.15) is 17.3 Å². The molecule has 0 aliphatic carbocycles. The molecule has 26 heavy (non-hydrogen) atoms. The zero-order valence-electron chi connectivity index (χ0n) is 14.0. The lowest BCUT2D eigenvalue weighted by Gasteiger charge is -2.09. The Morgan fingerprint density at radius 1 is 1.04 bits per heavy atom. The van der Waals surface area contributed by atoms with E-state index in [4.69, 9.17) is 19.3 Å². The van der Waals surface area contributed by atoms with Crippen molar-refractivity contribution in [2.45, 2.75) is 11.8 Å². The summed E-state index contributed by atoms with van der Waals surface area (Å²) < 4.78 is 51.8. The van der Waals surface area contributed by atoms with Crippen molar-refractivity contribution in [3.63, 3.8) is 0 Å². The van der Waals surface area contributed by atoms with Gasteiger partial charge in [-0.1, -0.05) is 0 Å². The maximum atomic E-state index is 13.7. The number of benzene rings is 2. The summed E-state index contributed by atoms with van der Waals surface area (Å²) in [5, 5.41) is 4.96. The van der Waals surface area contributed by atoms with Crippen molar-refractivity contribution in [1.82, 2.24) is 0 Å². The van der Waals surface area contributed by atoms with E-state index in [1.165, 1.54) is 0 Å². The van der Waals surface area contributed by atoms with E-state index in [-0.39, 0.29) is 18.1 Å². The Bertz CT molecular complexity index is 867. The zero-order chi connectivity index (χ0) is 19.2. The van der Waals surface area contributed by atoms with Crippen molar-refractivity contribution < 1.29 is 31.8 Å². The Kier molecular flexibility index (Phi) is 6.53. The van der Waals surface area contributed by atoms with Gasteiger partial charge >= 0.3 is 5.97 Å². The van der Waals surface area contributed by atoms with E-state index in [1.54, 1.807) is 24.3 Å². The summed E-state index contributed by atoms with van der Waals surface area (Å²) in [4.78, 5) is 11.5. The van der Waals surface area contributed by atoms with E-state index in [1.807, 2.05) is 6.92 Å². The molecule has 0 fully saturated rings. The highest BCUT2D eigenvalue weighted by atomic mass is 32.2. The molecule has 0 bridgehead atoms. The molecule has 0 aromatic heterocycles. The average Bonchev–Trinajstić information content (AvgIpc) is 2.59. The maximum absolute atomic E-state index is 13.7. The third-order valence-electron chi connectivity index (χ3n) is 3.21. The lowest BCUT2D eigenvalue weighted by atomic mass is 10.2. The van der Waals surface area contributed by atoms with Crippen LogP contribution in [-0.2, 0) is 14.8 Å². The number of carbonyl (C=O) groups is 1. The number of nitrogens with two attached hydrogens (primary N) is 1. The lowest BCUT2D eigenvalue weighted by Crippen LogP contribution is -2.16. The molecule has 0 spiro atoms. The molecule has 0 atom stereocenters. The maximum Gasteiger partial charge on any atom is 0.341 e. The number of sulfonamides is 1. The Hall–Kier alpha value is -2.65. The first-order valence-corrected chi connectivity index (χ1v) is 9.21. The van der Waals surface area contributed by atoms with Gasteiger partial charge in [0, 0.05) is 0 Å². The number of hydrogen-bond acceptors (Lipinski definition) is 6. The summed E-state index contributed by atoms with van der Waals surface area (Å²) in [6.07, 6.45) is 0. The van der Waals surface area contributed by atoms with E-state index in [0.29, 0.717) is 18.1 Å². The van der Waals surface area contributed by atoms with Gasteiger partial charge in [-0.25, -0.2) is 22.7 Å². The van der Waals surface area contributed by atoms with Gasteiger partial charge in [0.05, 0.1) is 17.1 Å². The fraction of sp³-hybridized carbons (Fsp3) is 0.235. The lowest BCUT2D eigenvalue weighted by molar-refractivity contribution is 0.0445. The van der Waals surface area contributed by atoms with Crippen LogP contribution in [0.3, 0.4) is 0 Å². The molecule has 7 nitrogen and oxygen atoms in total. The first kappa shape index (κ1) is 19.7. The van der Waals surface area contributed by atoms with Crippen LogP contribution in [0.4, 0.5) is 4.39 Å². The second-order valence-corrected chi connectivity index (χ2v) is 6.64. The van der Waals surface area contributed by atoms with Crippen LogP contribution in [0.5, 0.6) is 11.5 Å². The predicted octanol–water partition coefficient (Wildman–Crippen LogP) is 2.11. The molecule has 9 heteroatoms. The van der Waals surface area contributed by atoms with Crippen molar-refractivity contribution >= 4 is 16.0 Å². The van der Waals surface area contributed by atoms with E-state index < -0.39 is 27.4 Å². The molecule has 0 heterocycles. The van der Waals surface area contributed by atoms with Gasteiger partial charge < -0.3 is 14.2 Å². The van der Waals surface area contributed by atoms with Gasteiger partial charge in [0.25, 0.3) is 0 Å². The number of esters is 1. The molecule has 0 aliphatic rings. The normalized spacial score (nSPS) is 11.0. The molecular weight excluding hydrogens is 365 g/mol. The molecule has 2 aromatic carbocycles. The van der Waals surface area contributed by atoms with Crippen LogP contribution in [0.2, 0.25) is 0 Å². The van der Waals surface area contributed by atoms with Gasteiger partial charge in [0.2, 0.25) is 10.0 Å². The van der Waals surface area contributed by atoms with Crippen molar-refractivity contribution in [2.24, 2.45) is 5.14 Å². The summed E-state index contributed by atoms with van der Waals surface area (Å²) in [5.41, 5.74) is -0.516. The van der Waals surface area contributed by atoms with Gasteiger partial charge in [-0.2, -0.15) is 0 Å². The minimum absolute atomic E-state index is 0.0379. The number of hydrogen-bond donors (Lipinski definition) is 1. The summed E-state index contributed by atoms with van der Waals surface area (Å²) in [6, 6.07) is 9.51. The van der Waals surface area contributed by atoms with Gasteiger partial charge in [0.15, 0.2) is 0 Å². The van der Waals surface area contributed by atoms with Crippen LogP contribution in [0, 0.1) is 5.82 Å². The fourth-order valence-corrected chi connectivity index (χ4v) is 2.55. The molecule has 2 aromatic rings. The number of primary sulfonamides is 1. The number of ether oxygens (including phenoxy) is 3. The smallest absolute Gasteiger partial charge is 0.341 e. The Balaban J connectivity index is 1.89. The number of halogens is 1. The van der Waals surface area contributed by atoms with E-state index in [0.717, 1.165) is 18.2 Å². The number of rotatable bonds is 8. The fourth-order valence-electron chi connectivity index (χ4n) is 2.01. The average molecular weight is 383 g/mol. The Morgan fingerprint density at radius 3 is 2.23 bits per heavy atom. The van der Waals surface area contributed by atoms with Crippen molar-refractivity contribution in [3.8, 4) is 11.5 Å². The van der Waals surface area contributed by atoms with Crippen LogP contribution in [0.25, 0.3) is 0 Å². The molecule has 0 saturated heterocycles. The van der Waals surface area contributed by atoms with Gasteiger partial charge in [0.1, 0.15) is 30.5 Å². The minimum Gasteiger partial charge on any atom is -0.494 e. The Labute approximate surface area is 150 Å². The van der Waals surface area contributed by atoms with Crippen LogP contribution in [0.15, 0.2) is 47.4 Å². The van der Waals surface area contributed by atoms with E-state index >= 15 is 0 Å². The molecule has 2 N–H and O–H groups in total. The third kappa shape index (κ3) is 5.43. The highest BCUT2D eigenvalue weighted by molar-refractivity contribution is 7.89. The summed E-state index contributed by atoms with van der Waals surface area (Å²) in [7, 11) is -4.05. The molecule has 0 amide bonds. The molecule has 140 valence electrons. The second-order valence-electron chi connectivity index (χ2n) is 5.08. The van der Waals surface area contributed by atoms with Gasteiger partial charge in [-0.15, -0.1) is 0 Å². The van der Waals surface area contributed by atoms with Crippen molar-refractivity contribution in [2.75, 3.05) is 19.8 Å². The molecule has 0 aliphatic heterocycles. The molecule has 0 radical (unpaired) electrons. The predicted molar refractivity (Wildman–Crippen MR) is 91.2 cm³/mol. The summed E-state index contributed by atoms with van der Waals surface area (Å²) in [6.45, 7) is 2.32. The quantitative estimate of drug-likeness (QED) is 0.553. The largest absolute Gasteiger partial charge is 0.494 e. The van der Waals surface area contributed by atoms with E-state index in [9.17, 15) is 17.6 Å². The Morgan fingerprint density at radius 2 is 1.65 bits per heavy atom. The molecule has 0 unspecified atom stereocenters. The van der Waals surface area contributed by atoms with Crippen LogP contribution in [-0.4, -0.2) is 34.2 Å². The highest BCUT2D eigenvalue weighted by Gasteiger charge is 2.18. The molecule has 0 saturated carbocycles. The van der Waals surface area contributed by atoms with Crippen LogP contribution < -0.4 is 14.6 Å². The standard InChI is InChI=1S/C17H18FNO6S/c1-2-23-12-3-5-13(6-4-12)24-9-10-25-17(20)15-11-14(26(19,21)22)7-8-16(15)18/h3-8,11H,2,9-10H2,1H3,(H2,19,21,22). The van der Waals surface area contributed by atoms with E-state index in [2.05, 4.69) is 0 Å². The van der Waals surface area contributed by atoms with Crippen molar-refractivity contribution in [3.05, 3.63) is 53.8 Å². The molecule has 2 rings (SSSR count). The number of carbonyl (C=O) groups excluding carboxylic acids is 1.